The summed E-state index contributed by atoms with van der Waals surface area (Å²) in [7, 11) is 0. The van der Waals surface area contributed by atoms with Gasteiger partial charge in [-0.25, -0.2) is 0 Å². The van der Waals surface area contributed by atoms with Crippen molar-refractivity contribution in [1.82, 2.24) is 0 Å². The highest BCUT2D eigenvalue weighted by Crippen LogP contribution is 2.23. The molecule has 0 aromatic heterocycles. The van der Waals surface area contributed by atoms with Crippen molar-refractivity contribution in [2.45, 2.75) is 20.3 Å². The van der Waals surface area contributed by atoms with Gasteiger partial charge in [-0.05, 0) is 36.3 Å². The third-order valence-corrected chi connectivity index (χ3v) is 3.41. The second kappa shape index (κ2) is 7.94. The van der Waals surface area contributed by atoms with E-state index in [0.717, 1.165) is 11.1 Å². The monoisotopic (exact) mass is 308 g/mol. The normalized spacial score (nSPS) is 10.5. The number of carbonyl (C=O) groups is 2. The molecule has 0 aliphatic heterocycles. The molecule has 4 nitrogen and oxygen atoms in total. The number of hydrogen-bond donors (Lipinski definition) is 2. The Morgan fingerprint density at radius 2 is 1.61 bits per heavy atom. The highest BCUT2D eigenvalue weighted by atomic mass is 16.2. The molecule has 0 atom stereocenters. The van der Waals surface area contributed by atoms with Gasteiger partial charge in [0.2, 0.25) is 11.8 Å². The fourth-order valence-corrected chi connectivity index (χ4v) is 2.06. The topological polar surface area (TPSA) is 58.2 Å². The van der Waals surface area contributed by atoms with Crippen LogP contribution in [0.3, 0.4) is 0 Å². The fraction of sp³-hybridized carbons (Fsp3) is 0.158. The number of benzene rings is 2. The van der Waals surface area contributed by atoms with Crippen LogP contribution in [0.15, 0.2) is 54.6 Å². The molecule has 0 aliphatic carbocycles. The fourth-order valence-electron chi connectivity index (χ4n) is 2.06. The third kappa shape index (κ3) is 4.81. The van der Waals surface area contributed by atoms with Crippen molar-refractivity contribution < 1.29 is 9.59 Å². The Bertz CT molecular complexity index is 721. The molecule has 0 unspecified atom stereocenters. The van der Waals surface area contributed by atoms with Crippen LogP contribution in [0.4, 0.5) is 11.4 Å². The smallest absolute Gasteiger partial charge is 0.248 e. The molecule has 4 heteroatoms. The zero-order chi connectivity index (χ0) is 16.7. The summed E-state index contributed by atoms with van der Waals surface area (Å²) in [4.78, 5) is 23.6. The van der Waals surface area contributed by atoms with Crippen LogP contribution in [0.2, 0.25) is 0 Å². The lowest BCUT2D eigenvalue weighted by molar-refractivity contribution is -0.116. The first-order chi connectivity index (χ1) is 11.1. The Hall–Kier alpha value is -2.88. The zero-order valence-electron chi connectivity index (χ0n) is 13.3. The summed E-state index contributed by atoms with van der Waals surface area (Å²) >= 11 is 0. The highest BCUT2D eigenvalue weighted by Gasteiger charge is 2.07. The Morgan fingerprint density at radius 3 is 2.26 bits per heavy atom. The molecule has 0 saturated heterocycles. The molecule has 118 valence electrons. The lowest BCUT2D eigenvalue weighted by Gasteiger charge is -2.12. The second-order valence-corrected chi connectivity index (χ2v) is 5.11. The van der Waals surface area contributed by atoms with Gasteiger partial charge in [0.15, 0.2) is 0 Å². The Kier molecular flexibility index (Phi) is 5.69. The predicted molar refractivity (Wildman–Crippen MR) is 94.2 cm³/mol. The molecule has 0 spiro atoms. The van der Waals surface area contributed by atoms with E-state index in [1.165, 1.54) is 6.08 Å². The third-order valence-electron chi connectivity index (χ3n) is 3.41. The Labute approximate surface area is 136 Å². The van der Waals surface area contributed by atoms with E-state index in [1.54, 1.807) is 19.1 Å². The van der Waals surface area contributed by atoms with Gasteiger partial charge >= 0.3 is 0 Å². The first-order valence-electron chi connectivity index (χ1n) is 7.53. The molecule has 2 aromatic rings. The van der Waals surface area contributed by atoms with Crippen molar-refractivity contribution in [1.29, 1.82) is 0 Å². The van der Waals surface area contributed by atoms with Crippen molar-refractivity contribution in [2.75, 3.05) is 10.6 Å². The van der Waals surface area contributed by atoms with Crippen LogP contribution in [-0.4, -0.2) is 11.8 Å². The molecule has 0 aliphatic rings. The van der Waals surface area contributed by atoms with Gasteiger partial charge in [0.1, 0.15) is 0 Å². The van der Waals surface area contributed by atoms with Crippen LogP contribution < -0.4 is 10.6 Å². The standard InChI is InChI=1S/C19H20N2O2/c1-3-18(22)20-16-10-7-11-17(14(16)2)21-19(23)13-12-15-8-5-4-6-9-15/h4-13H,3H2,1-2H3,(H,20,22)(H,21,23)/b13-12-. The van der Waals surface area contributed by atoms with Crippen LogP contribution in [0.1, 0.15) is 24.5 Å². The van der Waals surface area contributed by atoms with Crippen LogP contribution in [0, 0.1) is 6.92 Å². The molecule has 0 heterocycles. The Morgan fingerprint density at radius 1 is 0.957 bits per heavy atom. The number of amides is 2. The Balaban J connectivity index is 2.07. The zero-order valence-corrected chi connectivity index (χ0v) is 13.3. The molecule has 2 rings (SSSR count). The predicted octanol–water partition coefficient (Wildman–Crippen LogP) is 4.00. The number of rotatable bonds is 5. The minimum Gasteiger partial charge on any atom is -0.326 e. The number of carbonyl (C=O) groups excluding carboxylic acids is 2. The van der Waals surface area contributed by atoms with Gasteiger partial charge in [-0.2, -0.15) is 0 Å². The van der Waals surface area contributed by atoms with Crippen molar-refractivity contribution in [3.05, 3.63) is 65.7 Å². The van der Waals surface area contributed by atoms with Crippen molar-refractivity contribution >= 4 is 29.3 Å². The summed E-state index contributed by atoms with van der Waals surface area (Å²) in [5.74, 6) is -0.267. The maximum Gasteiger partial charge on any atom is 0.248 e. The van der Waals surface area contributed by atoms with Crippen LogP contribution >= 0.6 is 0 Å². The summed E-state index contributed by atoms with van der Waals surface area (Å²) in [5, 5.41) is 5.66. The van der Waals surface area contributed by atoms with E-state index in [2.05, 4.69) is 10.6 Å². The lowest BCUT2D eigenvalue weighted by atomic mass is 10.1. The van der Waals surface area contributed by atoms with Crippen molar-refractivity contribution in [3.63, 3.8) is 0 Å². The minimum atomic E-state index is -0.212. The average molecular weight is 308 g/mol. The molecule has 0 fully saturated rings. The van der Waals surface area contributed by atoms with Crippen molar-refractivity contribution in [2.24, 2.45) is 0 Å². The largest absolute Gasteiger partial charge is 0.326 e. The minimum absolute atomic E-state index is 0.0550. The molecule has 0 saturated carbocycles. The number of nitrogens with one attached hydrogen (secondary N) is 2. The van der Waals surface area contributed by atoms with Crippen LogP contribution in [0.25, 0.3) is 6.08 Å². The van der Waals surface area contributed by atoms with Gasteiger partial charge in [-0.15, -0.1) is 0 Å². The quantitative estimate of drug-likeness (QED) is 0.820. The first-order valence-corrected chi connectivity index (χ1v) is 7.53. The van der Waals surface area contributed by atoms with Gasteiger partial charge in [-0.3, -0.25) is 9.59 Å². The summed E-state index contributed by atoms with van der Waals surface area (Å²) in [6, 6.07) is 15.0. The molecular formula is C19H20N2O2. The molecular weight excluding hydrogens is 288 g/mol. The lowest BCUT2D eigenvalue weighted by Crippen LogP contribution is -2.13. The van der Waals surface area contributed by atoms with E-state index in [1.807, 2.05) is 49.4 Å². The molecule has 2 N–H and O–H groups in total. The van der Waals surface area contributed by atoms with Gasteiger partial charge in [-0.1, -0.05) is 43.3 Å². The molecule has 0 bridgehead atoms. The summed E-state index contributed by atoms with van der Waals surface area (Å²) in [6.45, 7) is 3.66. The van der Waals surface area contributed by atoms with Gasteiger partial charge in [0.25, 0.3) is 0 Å². The van der Waals surface area contributed by atoms with E-state index in [4.69, 9.17) is 0 Å². The molecule has 2 amide bonds. The summed E-state index contributed by atoms with van der Waals surface area (Å²) in [6.07, 6.45) is 3.66. The van der Waals surface area contributed by atoms with E-state index >= 15 is 0 Å². The van der Waals surface area contributed by atoms with Crippen LogP contribution in [-0.2, 0) is 9.59 Å². The maximum absolute atomic E-state index is 12.0. The van der Waals surface area contributed by atoms with Crippen LogP contribution in [0.5, 0.6) is 0 Å². The van der Waals surface area contributed by atoms with E-state index in [0.29, 0.717) is 17.8 Å². The van der Waals surface area contributed by atoms with Gasteiger partial charge in [0.05, 0.1) is 0 Å². The highest BCUT2D eigenvalue weighted by molar-refractivity contribution is 6.03. The van der Waals surface area contributed by atoms with Gasteiger partial charge in [0, 0.05) is 23.9 Å². The number of anilines is 2. The average Bonchev–Trinajstić information content (AvgIpc) is 2.57. The second-order valence-electron chi connectivity index (χ2n) is 5.11. The van der Waals surface area contributed by atoms with E-state index in [-0.39, 0.29) is 11.8 Å². The summed E-state index contributed by atoms with van der Waals surface area (Å²) < 4.78 is 0. The molecule has 0 radical (unpaired) electrons. The van der Waals surface area contributed by atoms with E-state index < -0.39 is 0 Å². The molecule has 23 heavy (non-hydrogen) atoms. The SMILES string of the molecule is CCC(=O)Nc1cccc(NC(=O)/C=C\c2ccccc2)c1C. The number of hydrogen-bond acceptors (Lipinski definition) is 2. The molecule has 2 aromatic carbocycles. The van der Waals surface area contributed by atoms with Crippen molar-refractivity contribution in [3.8, 4) is 0 Å². The van der Waals surface area contributed by atoms with Gasteiger partial charge < -0.3 is 10.6 Å². The van der Waals surface area contributed by atoms with E-state index in [9.17, 15) is 9.59 Å². The maximum atomic E-state index is 12.0. The summed E-state index contributed by atoms with van der Waals surface area (Å²) in [5.41, 5.74) is 3.18. The first kappa shape index (κ1) is 16.5.